The lowest BCUT2D eigenvalue weighted by molar-refractivity contribution is 0.581. The number of aryl methyl sites for hydroxylation is 1. The first-order chi connectivity index (χ1) is 9.70. The molecule has 0 fully saturated rings. The molecule has 0 saturated heterocycles. The SMILES string of the molecule is Cc1ccc(S(=O)(=O)Nc2c(F)cc(Br)cc2F)c(Br)c1. The van der Waals surface area contributed by atoms with Gasteiger partial charge in [-0.2, -0.15) is 0 Å². The largest absolute Gasteiger partial charge is 0.274 e. The van der Waals surface area contributed by atoms with Crippen molar-refractivity contribution in [2.24, 2.45) is 0 Å². The predicted octanol–water partition coefficient (Wildman–Crippen LogP) is 4.60. The minimum absolute atomic E-state index is 0.102. The van der Waals surface area contributed by atoms with Crippen molar-refractivity contribution < 1.29 is 17.2 Å². The summed E-state index contributed by atoms with van der Waals surface area (Å²) in [4.78, 5) is -0.102. The summed E-state index contributed by atoms with van der Waals surface area (Å²) in [5.41, 5.74) is 0.132. The number of anilines is 1. The number of halogens is 4. The summed E-state index contributed by atoms with van der Waals surface area (Å²) in [5, 5.41) is 0. The highest BCUT2D eigenvalue weighted by Crippen LogP contribution is 2.29. The summed E-state index contributed by atoms with van der Waals surface area (Å²) in [6, 6.07) is 6.50. The van der Waals surface area contributed by atoms with Crippen LogP contribution in [0.15, 0.2) is 44.2 Å². The Balaban J connectivity index is 2.47. The third-order valence-corrected chi connectivity index (χ3v) is 5.40. The lowest BCUT2D eigenvalue weighted by Gasteiger charge is -2.12. The van der Waals surface area contributed by atoms with E-state index in [1.54, 1.807) is 19.1 Å². The van der Waals surface area contributed by atoms with E-state index >= 15 is 0 Å². The van der Waals surface area contributed by atoms with Crippen molar-refractivity contribution in [1.82, 2.24) is 0 Å². The van der Waals surface area contributed by atoms with E-state index in [1.807, 2.05) is 4.72 Å². The summed E-state index contributed by atoms with van der Waals surface area (Å²) in [6.45, 7) is 1.79. The first-order valence-corrected chi connectivity index (χ1v) is 8.71. The van der Waals surface area contributed by atoms with E-state index < -0.39 is 27.3 Å². The summed E-state index contributed by atoms with van der Waals surface area (Å²) in [6.07, 6.45) is 0. The highest BCUT2D eigenvalue weighted by atomic mass is 79.9. The minimum atomic E-state index is -4.11. The van der Waals surface area contributed by atoms with Crippen molar-refractivity contribution in [1.29, 1.82) is 0 Å². The van der Waals surface area contributed by atoms with Crippen LogP contribution in [0.5, 0.6) is 0 Å². The Labute approximate surface area is 137 Å². The zero-order chi connectivity index (χ0) is 15.8. The van der Waals surface area contributed by atoms with Gasteiger partial charge >= 0.3 is 0 Å². The van der Waals surface area contributed by atoms with Gasteiger partial charge in [0.1, 0.15) is 10.6 Å². The van der Waals surface area contributed by atoms with Crippen LogP contribution in [0.4, 0.5) is 14.5 Å². The van der Waals surface area contributed by atoms with E-state index in [2.05, 4.69) is 31.9 Å². The highest BCUT2D eigenvalue weighted by molar-refractivity contribution is 9.10. The second kappa shape index (κ2) is 6.02. The fourth-order valence-electron chi connectivity index (χ4n) is 1.65. The van der Waals surface area contributed by atoms with Crippen LogP contribution in [0.3, 0.4) is 0 Å². The number of hydrogen-bond acceptors (Lipinski definition) is 2. The molecule has 0 aromatic heterocycles. The Bertz CT molecular complexity index is 787. The zero-order valence-electron chi connectivity index (χ0n) is 10.6. The fraction of sp³-hybridized carbons (Fsp3) is 0.0769. The van der Waals surface area contributed by atoms with Crippen molar-refractivity contribution in [2.75, 3.05) is 4.72 Å². The Morgan fingerprint density at radius 3 is 2.14 bits per heavy atom. The van der Waals surface area contributed by atoms with Crippen molar-refractivity contribution in [2.45, 2.75) is 11.8 Å². The Morgan fingerprint density at radius 1 is 1.05 bits per heavy atom. The highest BCUT2D eigenvalue weighted by Gasteiger charge is 2.22. The normalized spacial score (nSPS) is 11.5. The van der Waals surface area contributed by atoms with Crippen LogP contribution < -0.4 is 4.72 Å². The number of benzene rings is 2. The summed E-state index contributed by atoms with van der Waals surface area (Å²) in [7, 11) is -4.11. The van der Waals surface area contributed by atoms with E-state index in [0.717, 1.165) is 17.7 Å². The Morgan fingerprint density at radius 2 is 1.62 bits per heavy atom. The van der Waals surface area contributed by atoms with E-state index in [-0.39, 0.29) is 9.37 Å². The van der Waals surface area contributed by atoms with Crippen LogP contribution in [0.1, 0.15) is 5.56 Å². The number of hydrogen-bond donors (Lipinski definition) is 1. The second-order valence-electron chi connectivity index (χ2n) is 4.28. The molecule has 0 aliphatic heterocycles. The van der Waals surface area contributed by atoms with Crippen molar-refractivity contribution in [3.05, 3.63) is 56.5 Å². The van der Waals surface area contributed by atoms with Gasteiger partial charge in [-0.15, -0.1) is 0 Å². The van der Waals surface area contributed by atoms with Gasteiger partial charge in [0.2, 0.25) is 0 Å². The van der Waals surface area contributed by atoms with Crippen LogP contribution in [0, 0.1) is 18.6 Å². The molecule has 2 aromatic carbocycles. The summed E-state index contributed by atoms with van der Waals surface area (Å²) >= 11 is 6.06. The van der Waals surface area contributed by atoms with Crippen molar-refractivity contribution in [3.63, 3.8) is 0 Å². The van der Waals surface area contributed by atoms with Gasteiger partial charge in [0.05, 0.1) is 0 Å². The van der Waals surface area contributed by atoms with Gasteiger partial charge in [0.15, 0.2) is 11.6 Å². The van der Waals surface area contributed by atoms with Crippen molar-refractivity contribution in [3.8, 4) is 0 Å². The average molecular weight is 441 g/mol. The molecule has 0 unspecified atom stereocenters. The standard InChI is InChI=1S/C13H9Br2F2NO2S/c1-7-2-3-12(9(15)4-7)21(19,20)18-13-10(16)5-8(14)6-11(13)17/h2-6,18H,1H3. The maximum Gasteiger partial charge on any atom is 0.263 e. The van der Waals surface area contributed by atoms with Gasteiger partial charge < -0.3 is 0 Å². The van der Waals surface area contributed by atoms with E-state index in [1.165, 1.54) is 6.07 Å². The van der Waals surface area contributed by atoms with Crippen LogP contribution in [0.2, 0.25) is 0 Å². The monoisotopic (exact) mass is 439 g/mol. The third kappa shape index (κ3) is 3.61. The molecule has 0 atom stereocenters. The van der Waals surface area contributed by atoms with Gasteiger partial charge in [0, 0.05) is 8.95 Å². The predicted molar refractivity (Wildman–Crippen MR) is 83.7 cm³/mol. The first-order valence-electron chi connectivity index (χ1n) is 5.64. The average Bonchev–Trinajstić information content (AvgIpc) is 2.33. The van der Waals surface area contributed by atoms with E-state index in [0.29, 0.717) is 4.47 Å². The molecule has 8 heteroatoms. The zero-order valence-corrected chi connectivity index (χ0v) is 14.6. The lowest BCUT2D eigenvalue weighted by atomic mass is 10.2. The molecule has 2 aromatic rings. The summed E-state index contributed by atoms with van der Waals surface area (Å²) < 4.78 is 54.3. The second-order valence-corrected chi connectivity index (χ2v) is 7.70. The lowest BCUT2D eigenvalue weighted by Crippen LogP contribution is -2.16. The molecule has 0 radical (unpaired) electrons. The smallest absolute Gasteiger partial charge is 0.263 e. The maximum absolute atomic E-state index is 13.7. The molecular weight excluding hydrogens is 432 g/mol. The van der Waals surface area contributed by atoms with E-state index in [4.69, 9.17) is 0 Å². The Hall–Kier alpha value is -0.990. The molecule has 21 heavy (non-hydrogen) atoms. The summed E-state index contributed by atoms with van der Waals surface area (Å²) in [5.74, 6) is -2.01. The Kier molecular flexibility index (Phi) is 4.69. The molecule has 0 saturated carbocycles. The molecule has 112 valence electrons. The molecule has 0 heterocycles. The molecule has 0 spiro atoms. The maximum atomic E-state index is 13.7. The molecule has 0 amide bonds. The van der Waals surface area contributed by atoms with Gasteiger partial charge in [-0.3, -0.25) is 4.72 Å². The third-order valence-electron chi connectivity index (χ3n) is 2.62. The molecule has 3 nitrogen and oxygen atoms in total. The van der Waals surface area contributed by atoms with Gasteiger partial charge in [-0.05, 0) is 52.7 Å². The minimum Gasteiger partial charge on any atom is -0.274 e. The molecule has 0 aliphatic rings. The van der Waals surface area contributed by atoms with Crippen molar-refractivity contribution >= 4 is 47.6 Å². The van der Waals surface area contributed by atoms with Crippen LogP contribution in [0.25, 0.3) is 0 Å². The molecule has 0 aliphatic carbocycles. The molecular formula is C13H9Br2F2NO2S. The van der Waals surface area contributed by atoms with Crippen LogP contribution in [-0.2, 0) is 10.0 Å². The van der Waals surface area contributed by atoms with Gasteiger partial charge in [0.25, 0.3) is 10.0 Å². The number of nitrogens with one attached hydrogen (secondary N) is 1. The molecule has 0 bridgehead atoms. The fourth-order valence-corrected chi connectivity index (χ4v) is 4.32. The topological polar surface area (TPSA) is 46.2 Å². The van der Waals surface area contributed by atoms with Crippen LogP contribution >= 0.6 is 31.9 Å². The van der Waals surface area contributed by atoms with Crippen LogP contribution in [-0.4, -0.2) is 8.42 Å². The van der Waals surface area contributed by atoms with E-state index in [9.17, 15) is 17.2 Å². The van der Waals surface area contributed by atoms with Gasteiger partial charge in [-0.25, -0.2) is 17.2 Å². The first kappa shape index (κ1) is 16.4. The number of rotatable bonds is 3. The molecule has 2 rings (SSSR count). The number of sulfonamides is 1. The molecule has 1 N–H and O–H groups in total. The van der Waals surface area contributed by atoms with Gasteiger partial charge in [-0.1, -0.05) is 22.0 Å². The quantitative estimate of drug-likeness (QED) is 0.758.